The number of anilines is 1. The standard InChI is InChI=1S/C10H9FN2O3/c1-4-5-3-8(13-10(15)16)7(11)2-6(5)9(14)12-4/h2-4,13H,1H3,(H,12,14)(H,15,16). The van der Waals surface area contributed by atoms with E-state index in [1.54, 1.807) is 6.92 Å². The Morgan fingerprint density at radius 1 is 1.56 bits per heavy atom. The van der Waals surface area contributed by atoms with Crippen molar-refractivity contribution in [1.29, 1.82) is 0 Å². The molecule has 2 rings (SSSR count). The van der Waals surface area contributed by atoms with Crippen LogP contribution in [-0.2, 0) is 0 Å². The Bertz CT molecular complexity index is 487. The van der Waals surface area contributed by atoms with Gasteiger partial charge in [-0.2, -0.15) is 0 Å². The topological polar surface area (TPSA) is 78.4 Å². The Morgan fingerprint density at radius 2 is 2.25 bits per heavy atom. The number of fused-ring (bicyclic) bond motifs is 1. The molecule has 0 aromatic heterocycles. The number of rotatable bonds is 1. The molecule has 3 N–H and O–H groups in total. The van der Waals surface area contributed by atoms with Crippen molar-refractivity contribution < 1.29 is 19.1 Å². The summed E-state index contributed by atoms with van der Waals surface area (Å²) in [6.07, 6.45) is -1.34. The van der Waals surface area contributed by atoms with Crippen LogP contribution < -0.4 is 10.6 Å². The quantitative estimate of drug-likeness (QED) is 0.679. The highest BCUT2D eigenvalue weighted by molar-refractivity contribution is 6.00. The summed E-state index contributed by atoms with van der Waals surface area (Å²) in [4.78, 5) is 21.8. The zero-order chi connectivity index (χ0) is 11.9. The lowest BCUT2D eigenvalue weighted by atomic mass is 10.0. The maximum absolute atomic E-state index is 13.4. The Labute approximate surface area is 90.3 Å². The molecule has 0 saturated heterocycles. The van der Waals surface area contributed by atoms with Crippen LogP contribution in [0, 0.1) is 5.82 Å². The van der Waals surface area contributed by atoms with Crippen LogP contribution in [-0.4, -0.2) is 17.1 Å². The number of benzene rings is 1. The minimum Gasteiger partial charge on any atom is -0.465 e. The normalized spacial score (nSPS) is 17.9. The monoisotopic (exact) mass is 224 g/mol. The van der Waals surface area contributed by atoms with Crippen LogP contribution in [0.1, 0.15) is 28.9 Å². The molecule has 84 valence electrons. The molecule has 1 atom stereocenters. The van der Waals surface area contributed by atoms with Gasteiger partial charge in [0.15, 0.2) is 0 Å². The highest BCUT2D eigenvalue weighted by Crippen LogP contribution is 2.29. The lowest BCUT2D eigenvalue weighted by Gasteiger charge is -2.07. The van der Waals surface area contributed by atoms with Crippen molar-refractivity contribution in [3.05, 3.63) is 29.1 Å². The van der Waals surface area contributed by atoms with Crippen LogP contribution in [0.25, 0.3) is 0 Å². The van der Waals surface area contributed by atoms with Gasteiger partial charge in [-0.15, -0.1) is 0 Å². The fraction of sp³-hybridized carbons (Fsp3) is 0.200. The van der Waals surface area contributed by atoms with Crippen LogP contribution in [0.5, 0.6) is 0 Å². The SMILES string of the molecule is CC1NC(=O)c2cc(F)c(NC(=O)O)cc21. The molecule has 0 saturated carbocycles. The minimum absolute atomic E-state index is 0.144. The van der Waals surface area contributed by atoms with Crippen LogP contribution in [0.3, 0.4) is 0 Å². The van der Waals surface area contributed by atoms with E-state index in [4.69, 9.17) is 5.11 Å². The molecule has 1 aliphatic rings. The van der Waals surface area contributed by atoms with Gasteiger partial charge in [-0.1, -0.05) is 0 Å². The Hall–Kier alpha value is -2.11. The molecular formula is C10H9FN2O3. The van der Waals surface area contributed by atoms with Gasteiger partial charge in [-0.05, 0) is 24.6 Å². The second-order valence-corrected chi connectivity index (χ2v) is 3.54. The van der Waals surface area contributed by atoms with E-state index in [0.717, 1.165) is 6.07 Å². The summed E-state index contributed by atoms with van der Waals surface area (Å²) in [5, 5.41) is 13.0. The number of amides is 2. The Balaban J connectivity index is 2.49. The summed E-state index contributed by atoms with van der Waals surface area (Å²) < 4.78 is 13.4. The van der Waals surface area contributed by atoms with Crippen molar-refractivity contribution in [2.24, 2.45) is 0 Å². The smallest absolute Gasteiger partial charge is 0.409 e. The van der Waals surface area contributed by atoms with Gasteiger partial charge in [0.2, 0.25) is 0 Å². The predicted molar refractivity (Wildman–Crippen MR) is 53.9 cm³/mol. The second-order valence-electron chi connectivity index (χ2n) is 3.54. The highest BCUT2D eigenvalue weighted by atomic mass is 19.1. The average Bonchev–Trinajstić information content (AvgIpc) is 2.43. The van der Waals surface area contributed by atoms with Gasteiger partial charge in [0, 0.05) is 5.56 Å². The van der Waals surface area contributed by atoms with E-state index in [9.17, 15) is 14.0 Å². The zero-order valence-corrected chi connectivity index (χ0v) is 8.37. The number of hydrogen-bond acceptors (Lipinski definition) is 2. The predicted octanol–water partition coefficient (Wildman–Crippen LogP) is 1.72. The van der Waals surface area contributed by atoms with Crippen molar-refractivity contribution in [1.82, 2.24) is 5.32 Å². The average molecular weight is 224 g/mol. The van der Waals surface area contributed by atoms with Crippen LogP contribution in [0.15, 0.2) is 12.1 Å². The number of nitrogens with one attached hydrogen (secondary N) is 2. The number of carbonyl (C=O) groups is 2. The molecule has 5 nitrogen and oxygen atoms in total. The van der Waals surface area contributed by atoms with E-state index in [1.165, 1.54) is 6.07 Å². The third-order valence-electron chi connectivity index (χ3n) is 2.44. The summed E-state index contributed by atoms with van der Waals surface area (Å²) in [5.41, 5.74) is 0.700. The highest BCUT2D eigenvalue weighted by Gasteiger charge is 2.27. The molecule has 16 heavy (non-hydrogen) atoms. The summed E-state index contributed by atoms with van der Waals surface area (Å²) in [5.74, 6) is -1.10. The lowest BCUT2D eigenvalue weighted by molar-refractivity contribution is 0.0958. The largest absolute Gasteiger partial charge is 0.465 e. The molecule has 0 bridgehead atoms. The molecule has 2 amide bonds. The molecule has 1 aromatic rings. The van der Waals surface area contributed by atoms with Crippen molar-refractivity contribution in [2.45, 2.75) is 13.0 Å². The van der Waals surface area contributed by atoms with Gasteiger partial charge in [-0.3, -0.25) is 10.1 Å². The number of carbonyl (C=O) groups excluding carboxylic acids is 1. The number of halogens is 1. The molecule has 1 aliphatic heterocycles. The third kappa shape index (κ3) is 1.58. The fourth-order valence-corrected chi connectivity index (χ4v) is 1.71. The Kier molecular flexibility index (Phi) is 2.26. The second kappa shape index (κ2) is 3.48. The zero-order valence-electron chi connectivity index (χ0n) is 8.37. The van der Waals surface area contributed by atoms with E-state index >= 15 is 0 Å². The summed E-state index contributed by atoms with van der Waals surface area (Å²) >= 11 is 0. The molecule has 1 unspecified atom stereocenters. The lowest BCUT2D eigenvalue weighted by Crippen LogP contribution is -2.16. The van der Waals surface area contributed by atoms with Crippen molar-refractivity contribution >= 4 is 17.7 Å². The number of carboxylic acid groups (broad SMARTS) is 1. The van der Waals surface area contributed by atoms with Crippen molar-refractivity contribution in [3.8, 4) is 0 Å². The molecule has 0 fully saturated rings. The van der Waals surface area contributed by atoms with Gasteiger partial charge >= 0.3 is 6.09 Å². The molecule has 1 aromatic carbocycles. The van der Waals surface area contributed by atoms with Crippen molar-refractivity contribution in [2.75, 3.05) is 5.32 Å². The summed E-state index contributed by atoms with van der Waals surface area (Å²) in [6.45, 7) is 1.74. The van der Waals surface area contributed by atoms with Crippen LogP contribution in [0.4, 0.5) is 14.9 Å². The summed E-state index contributed by atoms with van der Waals surface area (Å²) in [6, 6.07) is 2.14. The van der Waals surface area contributed by atoms with E-state index in [2.05, 4.69) is 5.32 Å². The maximum Gasteiger partial charge on any atom is 0.409 e. The molecule has 0 aliphatic carbocycles. The molecule has 0 radical (unpaired) electrons. The van der Waals surface area contributed by atoms with E-state index < -0.39 is 11.9 Å². The minimum atomic E-state index is -1.34. The van der Waals surface area contributed by atoms with Gasteiger partial charge in [-0.25, -0.2) is 9.18 Å². The van der Waals surface area contributed by atoms with Gasteiger partial charge in [0.25, 0.3) is 5.91 Å². The first-order chi connectivity index (χ1) is 7.49. The third-order valence-corrected chi connectivity index (χ3v) is 2.44. The first kappa shape index (κ1) is 10.4. The van der Waals surface area contributed by atoms with Gasteiger partial charge in [0.1, 0.15) is 5.82 Å². The molecule has 0 spiro atoms. The fourth-order valence-electron chi connectivity index (χ4n) is 1.71. The first-order valence-electron chi connectivity index (χ1n) is 4.63. The van der Waals surface area contributed by atoms with E-state index in [1.807, 2.05) is 5.32 Å². The summed E-state index contributed by atoms with van der Waals surface area (Å²) in [7, 11) is 0. The van der Waals surface area contributed by atoms with E-state index in [-0.39, 0.29) is 23.2 Å². The van der Waals surface area contributed by atoms with Crippen LogP contribution >= 0.6 is 0 Å². The Morgan fingerprint density at radius 3 is 2.88 bits per heavy atom. The number of hydrogen-bond donors (Lipinski definition) is 3. The maximum atomic E-state index is 13.4. The van der Waals surface area contributed by atoms with Crippen molar-refractivity contribution in [3.63, 3.8) is 0 Å². The van der Waals surface area contributed by atoms with Gasteiger partial charge in [0.05, 0.1) is 11.7 Å². The van der Waals surface area contributed by atoms with Crippen LogP contribution in [0.2, 0.25) is 0 Å². The molecule has 1 heterocycles. The van der Waals surface area contributed by atoms with Gasteiger partial charge < -0.3 is 10.4 Å². The first-order valence-corrected chi connectivity index (χ1v) is 4.63. The molecule has 6 heteroatoms. The van der Waals surface area contributed by atoms with E-state index in [0.29, 0.717) is 5.56 Å². The molecular weight excluding hydrogens is 215 g/mol.